The molecule has 2 fully saturated rings. The first-order valence-corrected chi connectivity index (χ1v) is 9.70. The number of anilines is 2. The van der Waals surface area contributed by atoms with Crippen molar-refractivity contribution in [2.45, 2.75) is 25.7 Å². The summed E-state index contributed by atoms with van der Waals surface area (Å²) in [7, 11) is 0. The molecule has 0 aliphatic carbocycles. The van der Waals surface area contributed by atoms with Gasteiger partial charge in [-0.25, -0.2) is 0 Å². The molecule has 1 unspecified atom stereocenters. The summed E-state index contributed by atoms with van der Waals surface area (Å²) < 4.78 is 5.22. The predicted molar refractivity (Wildman–Crippen MR) is 104 cm³/mol. The summed E-state index contributed by atoms with van der Waals surface area (Å²) in [6.45, 7) is 3.15. The number of carbonyl (C=O) groups excluding carboxylic acids is 2. The molecule has 1 N–H and O–H groups in total. The fraction of sp³-hybridized carbons (Fsp3) is 0.429. The largest absolute Gasteiger partial charge is 0.459 e. The highest BCUT2D eigenvalue weighted by atomic mass is 16.3. The standard InChI is InChI=1S/C21H25N3O3/c25-20(22-17-8-1-2-9-18(17)23-11-3-4-12-23)16-7-5-13-24(15-16)21(26)19-10-6-14-27-19/h1-2,6,8-10,14,16H,3-5,7,11-13,15H2,(H,22,25). The zero-order valence-corrected chi connectivity index (χ0v) is 15.4. The Morgan fingerprint density at radius 1 is 1.00 bits per heavy atom. The first-order chi connectivity index (χ1) is 13.2. The number of benzene rings is 1. The van der Waals surface area contributed by atoms with Crippen LogP contribution in [0.4, 0.5) is 11.4 Å². The number of para-hydroxylation sites is 2. The molecule has 1 atom stereocenters. The van der Waals surface area contributed by atoms with E-state index in [1.165, 1.54) is 19.1 Å². The van der Waals surface area contributed by atoms with E-state index in [9.17, 15) is 9.59 Å². The number of hydrogen-bond acceptors (Lipinski definition) is 4. The molecule has 0 bridgehead atoms. The second-order valence-electron chi connectivity index (χ2n) is 7.27. The van der Waals surface area contributed by atoms with Gasteiger partial charge >= 0.3 is 0 Å². The van der Waals surface area contributed by atoms with Crippen LogP contribution in [0.2, 0.25) is 0 Å². The van der Waals surface area contributed by atoms with Gasteiger partial charge in [0.05, 0.1) is 23.6 Å². The van der Waals surface area contributed by atoms with Crippen LogP contribution in [-0.4, -0.2) is 42.9 Å². The summed E-state index contributed by atoms with van der Waals surface area (Å²) in [4.78, 5) is 29.5. The zero-order chi connectivity index (χ0) is 18.6. The molecule has 142 valence electrons. The van der Waals surface area contributed by atoms with Gasteiger partial charge in [-0.3, -0.25) is 9.59 Å². The van der Waals surface area contributed by atoms with Crippen LogP contribution >= 0.6 is 0 Å². The van der Waals surface area contributed by atoms with Crippen LogP contribution in [0.3, 0.4) is 0 Å². The van der Waals surface area contributed by atoms with Crippen LogP contribution in [0.15, 0.2) is 47.1 Å². The van der Waals surface area contributed by atoms with E-state index >= 15 is 0 Å². The molecule has 6 heteroatoms. The lowest BCUT2D eigenvalue weighted by Gasteiger charge is -2.32. The Hall–Kier alpha value is -2.76. The number of likely N-dealkylation sites (tertiary alicyclic amines) is 1. The van der Waals surface area contributed by atoms with Crippen LogP contribution in [0.1, 0.15) is 36.2 Å². The van der Waals surface area contributed by atoms with Crippen molar-refractivity contribution >= 4 is 23.2 Å². The fourth-order valence-corrected chi connectivity index (χ4v) is 3.98. The molecule has 6 nitrogen and oxygen atoms in total. The van der Waals surface area contributed by atoms with Crippen molar-refractivity contribution in [1.29, 1.82) is 0 Å². The van der Waals surface area contributed by atoms with E-state index in [-0.39, 0.29) is 17.7 Å². The molecule has 0 radical (unpaired) electrons. The molecule has 2 aliphatic heterocycles. The second kappa shape index (κ2) is 7.86. The van der Waals surface area contributed by atoms with Gasteiger partial charge in [0.15, 0.2) is 5.76 Å². The Kier molecular flexibility index (Phi) is 5.14. The average molecular weight is 367 g/mol. The van der Waals surface area contributed by atoms with Gasteiger partial charge in [0.2, 0.25) is 5.91 Å². The Morgan fingerprint density at radius 2 is 1.81 bits per heavy atom. The van der Waals surface area contributed by atoms with Gasteiger partial charge < -0.3 is 19.5 Å². The third kappa shape index (κ3) is 3.84. The minimum atomic E-state index is -0.204. The van der Waals surface area contributed by atoms with Gasteiger partial charge in [-0.1, -0.05) is 12.1 Å². The molecule has 2 aromatic rings. The van der Waals surface area contributed by atoms with Crippen molar-refractivity contribution in [3.8, 4) is 0 Å². The summed E-state index contributed by atoms with van der Waals surface area (Å²) in [5.74, 6) is -0.0340. The molecule has 27 heavy (non-hydrogen) atoms. The molecular weight excluding hydrogens is 342 g/mol. The van der Waals surface area contributed by atoms with Gasteiger partial charge in [-0.2, -0.15) is 0 Å². The van der Waals surface area contributed by atoms with Crippen molar-refractivity contribution in [3.63, 3.8) is 0 Å². The highest BCUT2D eigenvalue weighted by Gasteiger charge is 2.30. The van der Waals surface area contributed by atoms with Gasteiger partial charge in [0.25, 0.3) is 5.91 Å². The van der Waals surface area contributed by atoms with Crippen molar-refractivity contribution in [3.05, 3.63) is 48.4 Å². The fourth-order valence-electron chi connectivity index (χ4n) is 3.98. The van der Waals surface area contributed by atoms with Crippen LogP contribution in [-0.2, 0) is 4.79 Å². The van der Waals surface area contributed by atoms with Crippen molar-refractivity contribution in [2.75, 3.05) is 36.4 Å². The minimum Gasteiger partial charge on any atom is -0.459 e. The molecule has 2 saturated heterocycles. The number of nitrogens with zero attached hydrogens (tertiary/aromatic N) is 2. The molecule has 2 aliphatic rings. The van der Waals surface area contributed by atoms with Crippen LogP contribution < -0.4 is 10.2 Å². The molecule has 4 rings (SSSR count). The van der Waals surface area contributed by atoms with E-state index in [1.54, 1.807) is 17.0 Å². The summed E-state index contributed by atoms with van der Waals surface area (Å²) in [5.41, 5.74) is 1.95. The van der Waals surface area contributed by atoms with Crippen molar-refractivity contribution in [2.24, 2.45) is 5.92 Å². The van der Waals surface area contributed by atoms with Crippen LogP contribution in [0.25, 0.3) is 0 Å². The lowest BCUT2D eigenvalue weighted by Crippen LogP contribution is -2.43. The third-order valence-electron chi connectivity index (χ3n) is 5.42. The van der Waals surface area contributed by atoms with E-state index in [4.69, 9.17) is 4.42 Å². The van der Waals surface area contributed by atoms with Crippen LogP contribution in [0, 0.1) is 5.92 Å². The molecule has 0 saturated carbocycles. The lowest BCUT2D eigenvalue weighted by molar-refractivity contribution is -0.121. The molecule has 1 aromatic heterocycles. The number of carbonyl (C=O) groups is 2. The van der Waals surface area contributed by atoms with Gasteiger partial charge in [-0.15, -0.1) is 0 Å². The maximum absolute atomic E-state index is 12.9. The Morgan fingerprint density at radius 3 is 2.59 bits per heavy atom. The van der Waals surface area contributed by atoms with E-state index in [0.717, 1.165) is 37.3 Å². The van der Waals surface area contributed by atoms with Crippen LogP contribution in [0.5, 0.6) is 0 Å². The maximum atomic E-state index is 12.9. The normalized spacial score (nSPS) is 19.9. The highest BCUT2D eigenvalue weighted by Crippen LogP contribution is 2.30. The number of amides is 2. The van der Waals surface area contributed by atoms with Gasteiger partial charge in [0, 0.05) is 26.2 Å². The number of furan rings is 1. The SMILES string of the molecule is O=C(Nc1ccccc1N1CCCC1)C1CCCN(C(=O)c2ccco2)C1. The summed E-state index contributed by atoms with van der Waals surface area (Å²) in [6.07, 6.45) is 5.48. The molecular formula is C21H25N3O3. The van der Waals surface area contributed by atoms with Gasteiger partial charge in [0.1, 0.15) is 0 Å². The first-order valence-electron chi connectivity index (χ1n) is 9.70. The summed E-state index contributed by atoms with van der Waals surface area (Å²) in [6, 6.07) is 11.3. The first kappa shape index (κ1) is 17.6. The smallest absolute Gasteiger partial charge is 0.289 e. The third-order valence-corrected chi connectivity index (χ3v) is 5.42. The monoisotopic (exact) mass is 367 g/mol. The average Bonchev–Trinajstić information content (AvgIpc) is 3.42. The number of rotatable bonds is 4. The zero-order valence-electron chi connectivity index (χ0n) is 15.4. The molecule has 1 aromatic carbocycles. The van der Waals surface area contributed by atoms with E-state index < -0.39 is 0 Å². The van der Waals surface area contributed by atoms with E-state index in [1.807, 2.05) is 18.2 Å². The summed E-state index contributed by atoms with van der Waals surface area (Å²) in [5, 5.41) is 3.11. The summed E-state index contributed by atoms with van der Waals surface area (Å²) >= 11 is 0. The second-order valence-corrected chi connectivity index (χ2v) is 7.27. The van der Waals surface area contributed by atoms with Crippen molar-refractivity contribution < 1.29 is 14.0 Å². The molecule has 0 spiro atoms. The Bertz CT molecular complexity index is 797. The topological polar surface area (TPSA) is 65.8 Å². The van der Waals surface area contributed by atoms with E-state index in [2.05, 4.69) is 16.3 Å². The quantitative estimate of drug-likeness (QED) is 0.900. The number of hydrogen-bond donors (Lipinski definition) is 1. The number of nitrogens with one attached hydrogen (secondary N) is 1. The highest BCUT2D eigenvalue weighted by molar-refractivity contribution is 5.97. The Balaban J connectivity index is 1.43. The maximum Gasteiger partial charge on any atom is 0.289 e. The Labute approximate surface area is 159 Å². The van der Waals surface area contributed by atoms with E-state index in [0.29, 0.717) is 18.8 Å². The number of piperidine rings is 1. The minimum absolute atomic E-state index is 0.0152. The van der Waals surface area contributed by atoms with Gasteiger partial charge in [-0.05, 0) is 49.9 Å². The predicted octanol–water partition coefficient (Wildman–Crippen LogP) is 3.37. The van der Waals surface area contributed by atoms with Crippen molar-refractivity contribution in [1.82, 2.24) is 4.90 Å². The lowest BCUT2D eigenvalue weighted by atomic mass is 9.96. The molecule has 2 amide bonds. The molecule has 3 heterocycles.